The van der Waals surface area contributed by atoms with E-state index in [1.54, 1.807) is 26.4 Å². The minimum atomic E-state index is -0.0884. The van der Waals surface area contributed by atoms with Crippen LogP contribution in [0.3, 0.4) is 0 Å². The Morgan fingerprint density at radius 2 is 1.21 bits per heavy atom. The van der Waals surface area contributed by atoms with Crippen molar-refractivity contribution in [1.29, 1.82) is 0 Å². The molecule has 33 heavy (non-hydrogen) atoms. The number of methoxy groups -OCH3 is 2. The number of rotatable bonds is 5. The molecule has 0 bridgehead atoms. The maximum absolute atomic E-state index is 9.77. The summed E-state index contributed by atoms with van der Waals surface area (Å²) in [5.74, 6) is 1.78. The standard InChI is InChI=1S/C29H23ClO3/c1-32-23-12-5-18(6-13-23)21-9-16-25-26(17-21)28(20-7-14-24(33-2)15-8-20)29(30)27(25)19-3-10-22(31)11-4-19/h3-17,28,31H,1-2H3. The number of aromatic hydroxyl groups is 1. The molecule has 0 aliphatic heterocycles. The highest BCUT2D eigenvalue weighted by atomic mass is 35.5. The minimum absolute atomic E-state index is 0.0884. The number of fused-ring (bicyclic) bond motifs is 1. The molecule has 0 amide bonds. The predicted molar refractivity (Wildman–Crippen MR) is 133 cm³/mol. The van der Waals surface area contributed by atoms with Gasteiger partial charge in [0.25, 0.3) is 0 Å². The molecule has 1 unspecified atom stereocenters. The lowest BCUT2D eigenvalue weighted by Crippen LogP contribution is -1.99. The van der Waals surface area contributed by atoms with Crippen molar-refractivity contribution < 1.29 is 14.6 Å². The van der Waals surface area contributed by atoms with E-state index in [4.69, 9.17) is 21.1 Å². The SMILES string of the molecule is COc1ccc(-c2ccc3c(c2)C(c2ccc(OC)cc2)C(Cl)=C3c2ccc(O)cc2)cc1. The van der Waals surface area contributed by atoms with Gasteiger partial charge in [-0.1, -0.05) is 60.1 Å². The van der Waals surface area contributed by atoms with Crippen LogP contribution in [0.25, 0.3) is 16.7 Å². The van der Waals surface area contributed by atoms with Gasteiger partial charge in [0.1, 0.15) is 17.2 Å². The van der Waals surface area contributed by atoms with Gasteiger partial charge in [0.05, 0.1) is 14.2 Å². The quantitative estimate of drug-likeness (QED) is 0.346. The molecule has 3 nitrogen and oxygen atoms in total. The lowest BCUT2D eigenvalue weighted by Gasteiger charge is -2.15. The largest absolute Gasteiger partial charge is 0.508 e. The van der Waals surface area contributed by atoms with Gasteiger partial charge in [-0.3, -0.25) is 0 Å². The fraction of sp³-hybridized carbons (Fsp3) is 0.103. The monoisotopic (exact) mass is 454 g/mol. The molecule has 0 spiro atoms. The van der Waals surface area contributed by atoms with E-state index >= 15 is 0 Å². The van der Waals surface area contributed by atoms with Crippen LogP contribution in [0, 0.1) is 0 Å². The van der Waals surface area contributed by atoms with Crippen LogP contribution in [0.15, 0.2) is 96.0 Å². The van der Waals surface area contributed by atoms with Crippen molar-refractivity contribution >= 4 is 17.2 Å². The molecular weight excluding hydrogens is 432 g/mol. The Hall–Kier alpha value is -3.69. The van der Waals surface area contributed by atoms with Gasteiger partial charge in [-0.2, -0.15) is 0 Å². The van der Waals surface area contributed by atoms with E-state index in [-0.39, 0.29) is 11.7 Å². The lowest BCUT2D eigenvalue weighted by molar-refractivity contribution is 0.414. The van der Waals surface area contributed by atoms with E-state index in [0.717, 1.165) is 55.5 Å². The third-order valence-electron chi connectivity index (χ3n) is 6.15. The number of allylic oxidation sites excluding steroid dienone is 1. The molecular formula is C29H23ClO3. The Bertz CT molecular complexity index is 1320. The Labute approximate surface area is 198 Å². The van der Waals surface area contributed by atoms with E-state index in [2.05, 4.69) is 42.5 Å². The molecule has 0 heterocycles. The maximum atomic E-state index is 9.77. The molecule has 1 atom stereocenters. The van der Waals surface area contributed by atoms with Gasteiger partial charge < -0.3 is 14.6 Å². The van der Waals surface area contributed by atoms with Gasteiger partial charge in [-0.15, -0.1) is 0 Å². The van der Waals surface area contributed by atoms with Crippen LogP contribution in [0.4, 0.5) is 0 Å². The van der Waals surface area contributed by atoms with Gasteiger partial charge in [0.2, 0.25) is 0 Å². The summed E-state index contributed by atoms with van der Waals surface area (Å²) in [6, 6.07) is 29.8. The number of benzene rings is 4. The second kappa shape index (κ2) is 8.68. The molecule has 0 saturated heterocycles. The Kier molecular flexibility index (Phi) is 5.57. The first-order valence-electron chi connectivity index (χ1n) is 10.7. The van der Waals surface area contributed by atoms with Crippen molar-refractivity contribution in [3.8, 4) is 28.4 Å². The van der Waals surface area contributed by atoms with Crippen LogP contribution < -0.4 is 9.47 Å². The van der Waals surface area contributed by atoms with E-state index in [9.17, 15) is 5.11 Å². The van der Waals surface area contributed by atoms with E-state index in [1.165, 1.54) is 0 Å². The molecule has 1 aliphatic carbocycles. The number of hydrogen-bond donors (Lipinski definition) is 1. The average Bonchev–Trinajstić information content (AvgIpc) is 3.15. The highest BCUT2D eigenvalue weighted by Gasteiger charge is 2.32. The van der Waals surface area contributed by atoms with Gasteiger partial charge in [-0.25, -0.2) is 0 Å². The van der Waals surface area contributed by atoms with Crippen LogP contribution in [0.2, 0.25) is 0 Å². The zero-order valence-corrected chi connectivity index (χ0v) is 19.1. The zero-order valence-electron chi connectivity index (χ0n) is 18.4. The van der Waals surface area contributed by atoms with Crippen molar-refractivity contribution in [2.45, 2.75) is 5.92 Å². The van der Waals surface area contributed by atoms with Crippen LogP contribution in [-0.4, -0.2) is 19.3 Å². The van der Waals surface area contributed by atoms with Crippen molar-refractivity contribution in [3.05, 3.63) is 118 Å². The first-order valence-corrected chi connectivity index (χ1v) is 11.1. The summed E-state index contributed by atoms with van der Waals surface area (Å²) in [5, 5.41) is 10.5. The molecule has 164 valence electrons. The first-order chi connectivity index (χ1) is 16.1. The summed E-state index contributed by atoms with van der Waals surface area (Å²) >= 11 is 7.10. The maximum Gasteiger partial charge on any atom is 0.118 e. The number of ether oxygens (including phenoxy) is 2. The zero-order chi connectivity index (χ0) is 22.9. The molecule has 5 rings (SSSR count). The summed E-state index contributed by atoms with van der Waals surface area (Å²) in [6.45, 7) is 0. The molecule has 0 fully saturated rings. The molecule has 4 aromatic carbocycles. The van der Waals surface area contributed by atoms with Gasteiger partial charge in [0.15, 0.2) is 0 Å². The molecule has 1 N–H and O–H groups in total. The van der Waals surface area contributed by atoms with E-state index < -0.39 is 0 Å². The Morgan fingerprint density at radius 1 is 0.667 bits per heavy atom. The topological polar surface area (TPSA) is 38.7 Å². The molecule has 0 radical (unpaired) electrons. The van der Waals surface area contributed by atoms with E-state index in [1.807, 2.05) is 36.4 Å². The first kappa shape index (κ1) is 21.2. The molecule has 4 heteroatoms. The summed E-state index contributed by atoms with van der Waals surface area (Å²) < 4.78 is 10.7. The summed E-state index contributed by atoms with van der Waals surface area (Å²) in [4.78, 5) is 0. The third kappa shape index (κ3) is 3.85. The lowest BCUT2D eigenvalue weighted by atomic mass is 9.90. The number of halogens is 1. The van der Waals surface area contributed by atoms with Crippen molar-refractivity contribution in [1.82, 2.24) is 0 Å². The number of phenols is 1. The van der Waals surface area contributed by atoms with Gasteiger partial charge in [-0.05, 0) is 75.8 Å². The fourth-order valence-electron chi connectivity index (χ4n) is 4.45. The Balaban J connectivity index is 1.66. The third-order valence-corrected chi connectivity index (χ3v) is 6.56. The average molecular weight is 455 g/mol. The highest BCUT2D eigenvalue weighted by Crippen LogP contribution is 2.51. The van der Waals surface area contributed by atoms with Crippen molar-refractivity contribution in [2.24, 2.45) is 0 Å². The highest BCUT2D eigenvalue weighted by molar-refractivity contribution is 6.35. The molecule has 0 saturated carbocycles. The summed E-state index contributed by atoms with van der Waals surface area (Å²) in [7, 11) is 3.33. The van der Waals surface area contributed by atoms with Crippen molar-refractivity contribution in [2.75, 3.05) is 14.2 Å². The van der Waals surface area contributed by atoms with Crippen LogP contribution in [-0.2, 0) is 0 Å². The predicted octanol–water partition coefficient (Wildman–Crippen LogP) is 7.22. The number of phenolic OH excluding ortho intramolecular Hbond substituents is 1. The molecule has 0 aromatic heterocycles. The molecule has 4 aromatic rings. The van der Waals surface area contributed by atoms with Crippen molar-refractivity contribution in [3.63, 3.8) is 0 Å². The summed E-state index contributed by atoms with van der Waals surface area (Å²) in [6.07, 6.45) is 0. The molecule has 1 aliphatic rings. The smallest absolute Gasteiger partial charge is 0.118 e. The van der Waals surface area contributed by atoms with Crippen LogP contribution in [0.1, 0.15) is 28.2 Å². The second-order valence-electron chi connectivity index (χ2n) is 8.01. The van der Waals surface area contributed by atoms with Gasteiger partial charge in [0, 0.05) is 16.5 Å². The van der Waals surface area contributed by atoms with Crippen LogP contribution in [0.5, 0.6) is 17.2 Å². The van der Waals surface area contributed by atoms with Crippen LogP contribution >= 0.6 is 11.6 Å². The normalized spacial score (nSPS) is 14.8. The minimum Gasteiger partial charge on any atom is -0.508 e. The fourth-order valence-corrected chi connectivity index (χ4v) is 4.90. The number of hydrogen-bond acceptors (Lipinski definition) is 3. The van der Waals surface area contributed by atoms with Gasteiger partial charge >= 0.3 is 0 Å². The summed E-state index contributed by atoms with van der Waals surface area (Å²) in [5.41, 5.74) is 7.56. The second-order valence-corrected chi connectivity index (χ2v) is 8.41. The Morgan fingerprint density at radius 3 is 1.82 bits per heavy atom. The van der Waals surface area contributed by atoms with E-state index in [0.29, 0.717) is 0 Å².